The molecule has 2 rings (SSSR count). The lowest BCUT2D eigenvalue weighted by Gasteiger charge is -2.32. The smallest absolute Gasteiger partial charge is 0.339 e. The lowest BCUT2D eigenvalue weighted by Crippen LogP contribution is -2.40. The molecule has 0 bridgehead atoms. The number of nitrogens with zero attached hydrogens (tertiary/aromatic N) is 1. The second kappa shape index (κ2) is 5.46. The fourth-order valence-corrected chi connectivity index (χ4v) is 2.09. The Balaban J connectivity index is 2.35. The third kappa shape index (κ3) is 2.32. The van der Waals surface area contributed by atoms with E-state index in [0.717, 1.165) is 5.56 Å². The first kappa shape index (κ1) is 14.3. The Morgan fingerprint density at radius 2 is 2.15 bits per heavy atom. The maximum absolute atomic E-state index is 13.1. The minimum atomic E-state index is -0.827. The zero-order valence-electron chi connectivity index (χ0n) is 11.4. The maximum atomic E-state index is 13.1. The number of likely N-dealkylation sites (N-methyl/N-ethyl adjacent to an activating group) is 1. The average molecular weight is 277 g/mol. The summed E-state index contributed by atoms with van der Waals surface area (Å²) in [5.74, 6) is -0.820. The van der Waals surface area contributed by atoms with Crippen LogP contribution >= 0.6 is 0 Å². The highest BCUT2D eigenvalue weighted by molar-refractivity contribution is 5.91. The van der Waals surface area contributed by atoms with Gasteiger partial charge in [-0.1, -0.05) is 24.8 Å². The molecule has 106 valence electrons. The summed E-state index contributed by atoms with van der Waals surface area (Å²) in [4.78, 5) is 17.4. The molecular formula is C15H16FNO3. The van der Waals surface area contributed by atoms with Gasteiger partial charge in [0, 0.05) is 7.05 Å². The van der Waals surface area contributed by atoms with Gasteiger partial charge in [-0.25, -0.2) is 9.18 Å². The van der Waals surface area contributed by atoms with E-state index in [9.17, 15) is 9.18 Å². The summed E-state index contributed by atoms with van der Waals surface area (Å²) in [5.41, 5.74) is 0.264. The van der Waals surface area contributed by atoms with Crippen molar-refractivity contribution in [2.75, 3.05) is 13.7 Å². The molecule has 0 radical (unpaired) electrons. The first-order chi connectivity index (χ1) is 9.50. The maximum Gasteiger partial charge on any atom is 0.339 e. The number of carbonyl (C=O) groups excluding carboxylic acids is 1. The van der Waals surface area contributed by atoms with Crippen LogP contribution in [0.25, 0.3) is 0 Å². The number of carbonyl (C=O) groups is 1. The molecule has 1 aromatic carbocycles. The largest absolute Gasteiger partial charge is 0.458 e. The van der Waals surface area contributed by atoms with Crippen LogP contribution in [0.1, 0.15) is 12.5 Å². The number of ether oxygens (including phenoxy) is 1. The number of rotatable bonds is 4. The van der Waals surface area contributed by atoms with E-state index in [1.54, 1.807) is 19.2 Å². The molecule has 1 aliphatic heterocycles. The highest BCUT2D eigenvalue weighted by atomic mass is 19.1. The van der Waals surface area contributed by atoms with Crippen molar-refractivity contribution in [3.63, 3.8) is 0 Å². The minimum absolute atomic E-state index is 0.124. The molecule has 1 unspecified atom stereocenters. The standard InChI is InChI=1S/C15H16FNO3/c1-4-9-19-14(18)13-10-20-17(3)15(13,2)11-5-7-12(16)8-6-11/h4-8,10H,1,9H2,2-3H3. The Morgan fingerprint density at radius 1 is 1.50 bits per heavy atom. The summed E-state index contributed by atoms with van der Waals surface area (Å²) in [5, 5.41) is 1.53. The summed E-state index contributed by atoms with van der Waals surface area (Å²) < 4.78 is 18.1. The van der Waals surface area contributed by atoms with Crippen LogP contribution in [0.3, 0.4) is 0 Å². The van der Waals surface area contributed by atoms with E-state index in [4.69, 9.17) is 9.57 Å². The van der Waals surface area contributed by atoms with Crippen LogP contribution in [0.2, 0.25) is 0 Å². The average Bonchev–Trinajstić information content (AvgIpc) is 2.74. The molecule has 0 amide bonds. The van der Waals surface area contributed by atoms with Crippen molar-refractivity contribution in [2.45, 2.75) is 12.5 Å². The number of hydrogen-bond acceptors (Lipinski definition) is 4. The Labute approximate surface area is 117 Å². The fourth-order valence-electron chi connectivity index (χ4n) is 2.09. The van der Waals surface area contributed by atoms with Gasteiger partial charge in [-0.05, 0) is 24.6 Å². The number of hydroxylamine groups is 2. The first-order valence-corrected chi connectivity index (χ1v) is 6.15. The highest BCUT2D eigenvalue weighted by Gasteiger charge is 2.45. The Bertz CT molecular complexity index is 553. The molecule has 20 heavy (non-hydrogen) atoms. The van der Waals surface area contributed by atoms with Gasteiger partial charge in [-0.15, -0.1) is 5.06 Å². The number of benzene rings is 1. The van der Waals surface area contributed by atoms with E-state index in [-0.39, 0.29) is 12.4 Å². The molecule has 0 aromatic heterocycles. The van der Waals surface area contributed by atoms with Crippen LogP contribution in [0, 0.1) is 5.82 Å². The van der Waals surface area contributed by atoms with E-state index in [1.165, 1.54) is 29.5 Å². The van der Waals surface area contributed by atoms with E-state index >= 15 is 0 Å². The molecule has 5 heteroatoms. The Hall–Kier alpha value is -2.14. The number of halogens is 1. The van der Waals surface area contributed by atoms with Crippen molar-refractivity contribution >= 4 is 5.97 Å². The van der Waals surface area contributed by atoms with Gasteiger partial charge >= 0.3 is 5.97 Å². The van der Waals surface area contributed by atoms with Crippen LogP contribution in [0.5, 0.6) is 0 Å². The Kier molecular flexibility index (Phi) is 3.90. The molecule has 0 spiro atoms. The van der Waals surface area contributed by atoms with Gasteiger partial charge in [-0.3, -0.25) is 0 Å². The van der Waals surface area contributed by atoms with Crippen molar-refractivity contribution in [1.82, 2.24) is 5.06 Å². The van der Waals surface area contributed by atoms with Crippen molar-refractivity contribution in [2.24, 2.45) is 0 Å². The molecule has 1 aliphatic rings. The molecule has 4 nitrogen and oxygen atoms in total. The second-order valence-electron chi connectivity index (χ2n) is 4.60. The van der Waals surface area contributed by atoms with Crippen molar-refractivity contribution in [3.8, 4) is 0 Å². The topological polar surface area (TPSA) is 38.8 Å². The summed E-state index contributed by atoms with van der Waals surface area (Å²) in [7, 11) is 1.70. The van der Waals surface area contributed by atoms with Gasteiger partial charge < -0.3 is 9.57 Å². The van der Waals surface area contributed by atoms with Crippen LogP contribution in [-0.4, -0.2) is 24.7 Å². The van der Waals surface area contributed by atoms with Crippen molar-refractivity contribution in [3.05, 3.63) is 60.1 Å². The Morgan fingerprint density at radius 3 is 2.75 bits per heavy atom. The van der Waals surface area contributed by atoms with Crippen molar-refractivity contribution < 1.29 is 18.8 Å². The molecule has 1 heterocycles. The number of esters is 1. The van der Waals surface area contributed by atoms with Gasteiger partial charge in [-0.2, -0.15) is 0 Å². The molecule has 1 aromatic rings. The molecule has 0 saturated heterocycles. The van der Waals surface area contributed by atoms with E-state index in [1.807, 2.05) is 6.92 Å². The summed E-state index contributed by atoms with van der Waals surface area (Å²) in [6.45, 7) is 5.44. The van der Waals surface area contributed by atoms with Crippen LogP contribution in [0.15, 0.2) is 48.8 Å². The quantitative estimate of drug-likeness (QED) is 0.626. The monoisotopic (exact) mass is 277 g/mol. The second-order valence-corrected chi connectivity index (χ2v) is 4.60. The summed E-state index contributed by atoms with van der Waals surface area (Å²) in [6.07, 6.45) is 2.85. The van der Waals surface area contributed by atoms with Crippen molar-refractivity contribution in [1.29, 1.82) is 0 Å². The van der Waals surface area contributed by atoms with Crippen LogP contribution in [-0.2, 0) is 19.9 Å². The van der Waals surface area contributed by atoms with E-state index < -0.39 is 11.5 Å². The first-order valence-electron chi connectivity index (χ1n) is 6.15. The predicted molar refractivity (Wildman–Crippen MR) is 71.8 cm³/mol. The SMILES string of the molecule is C=CCOC(=O)C1=CON(C)C1(C)c1ccc(F)cc1. The summed E-state index contributed by atoms with van der Waals surface area (Å²) >= 11 is 0. The van der Waals surface area contributed by atoms with Gasteiger partial charge in [0.25, 0.3) is 0 Å². The molecule has 0 aliphatic carbocycles. The van der Waals surface area contributed by atoms with Crippen LogP contribution in [0.4, 0.5) is 4.39 Å². The minimum Gasteiger partial charge on any atom is -0.458 e. The molecule has 0 saturated carbocycles. The third-order valence-electron chi connectivity index (χ3n) is 3.44. The van der Waals surface area contributed by atoms with E-state index in [0.29, 0.717) is 5.57 Å². The lowest BCUT2D eigenvalue weighted by molar-refractivity contribution is -0.143. The molecule has 1 atom stereocenters. The van der Waals surface area contributed by atoms with Gasteiger partial charge in [0.1, 0.15) is 29.8 Å². The fraction of sp³-hybridized carbons (Fsp3) is 0.267. The normalized spacial score (nSPS) is 22.1. The molecule has 0 N–H and O–H groups in total. The molecule has 0 fully saturated rings. The zero-order valence-corrected chi connectivity index (χ0v) is 11.4. The van der Waals surface area contributed by atoms with Gasteiger partial charge in [0.2, 0.25) is 0 Å². The highest BCUT2D eigenvalue weighted by Crippen LogP contribution is 2.40. The van der Waals surface area contributed by atoms with E-state index in [2.05, 4.69) is 6.58 Å². The van der Waals surface area contributed by atoms with Gasteiger partial charge in [0.05, 0.1) is 0 Å². The number of hydrogen-bond donors (Lipinski definition) is 0. The summed E-state index contributed by atoms with van der Waals surface area (Å²) in [6, 6.07) is 5.93. The van der Waals surface area contributed by atoms with Crippen LogP contribution < -0.4 is 0 Å². The molecular weight excluding hydrogens is 261 g/mol. The predicted octanol–water partition coefficient (Wildman–Crippen LogP) is 2.53. The third-order valence-corrected chi connectivity index (χ3v) is 3.44. The van der Waals surface area contributed by atoms with Gasteiger partial charge in [0.15, 0.2) is 0 Å². The lowest BCUT2D eigenvalue weighted by atomic mass is 9.85. The zero-order chi connectivity index (χ0) is 14.8.